The highest BCUT2D eigenvalue weighted by molar-refractivity contribution is 7.18. The number of urea groups is 1. The molecule has 1 aliphatic rings. The van der Waals surface area contributed by atoms with Gasteiger partial charge in [0, 0.05) is 24.5 Å². The van der Waals surface area contributed by atoms with E-state index in [1.54, 1.807) is 41.3 Å². The fraction of sp³-hybridized carbons (Fsp3) is 0.409. The molecule has 2 aromatic rings. The number of cyclic esters (lactones) is 1. The quantitative estimate of drug-likeness (QED) is 0.541. The molecule has 3 rings (SSSR count). The van der Waals surface area contributed by atoms with Crippen LogP contribution in [0.2, 0.25) is 4.34 Å². The van der Waals surface area contributed by atoms with Crippen LogP contribution in [0.15, 0.2) is 36.4 Å². The average Bonchev–Trinajstić information content (AvgIpc) is 3.38. The first kappa shape index (κ1) is 23.9. The van der Waals surface area contributed by atoms with Crippen molar-refractivity contribution in [2.75, 3.05) is 36.4 Å². The van der Waals surface area contributed by atoms with Crippen LogP contribution in [0.3, 0.4) is 0 Å². The Bertz CT molecular complexity index is 944. The monoisotopic (exact) mass is 478 g/mol. The lowest BCUT2D eigenvalue weighted by Crippen LogP contribution is -2.36. The van der Waals surface area contributed by atoms with E-state index in [-0.39, 0.29) is 18.5 Å². The van der Waals surface area contributed by atoms with E-state index in [9.17, 15) is 14.4 Å². The molecule has 0 aliphatic carbocycles. The largest absolute Gasteiger partial charge is 0.442 e. The van der Waals surface area contributed by atoms with Crippen LogP contribution in [-0.4, -0.2) is 55.2 Å². The van der Waals surface area contributed by atoms with Gasteiger partial charge in [0.15, 0.2) is 0 Å². The van der Waals surface area contributed by atoms with E-state index in [1.807, 2.05) is 13.8 Å². The number of nitrogens with one attached hydrogen (secondary N) is 2. The number of rotatable bonds is 9. The van der Waals surface area contributed by atoms with Crippen molar-refractivity contribution in [3.63, 3.8) is 0 Å². The zero-order chi connectivity index (χ0) is 23.1. The second-order valence-corrected chi connectivity index (χ2v) is 9.11. The van der Waals surface area contributed by atoms with Crippen LogP contribution in [0.1, 0.15) is 36.4 Å². The summed E-state index contributed by atoms with van der Waals surface area (Å²) in [6, 6.07) is 10.2. The number of hydrogen-bond acceptors (Lipinski definition) is 5. The van der Waals surface area contributed by atoms with Gasteiger partial charge in [-0.2, -0.15) is 0 Å². The Morgan fingerprint density at radius 1 is 1.16 bits per heavy atom. The van der Waals surface area contributed by atoms with Gasteiger partial charge in [-0.25, -0.2) is 9.59 Å². The number of anilines is 2. The average molecular weight is 479 g/mol. The molecule has 1 aromatic heterocycles. The normalized spacial score (nSPS) is 15.4. The minimum atomic E-state index is -0.475. The summed E-state index contributed by atoms with van der Waals surface area (Å²) in [5.41, 5.74) is 1.31. The van der Waals surface area contributed by atoms with Gasteiger partial charge < -0.3 is 20.3 Å². The van der Waals surface area contributed by atoms with E-state index in [2.05, 4.69) is 10.6 Å². The van der Waals surface area contributed by atoms with E-state index >= 15 is 0 Å². The summed E-state index contributed by atoms with van der Waals surface area (Å²) in [6.07, 6.45) is 0.855. The molecule has 0 radical (unpaired) electrons. The van der Waals surface area contributed by atoms with Gasteiger partial charge in [-0.1, -0.05) is 25.4 Å². The van der Waals surface area contributed by atoms with Crippen molar-refractivity contribution in [2.24, 2.45) is 0 Å². The third-order valence-corrected chi connectivity index (χ3v) is 6.10. The number of thiophene rings is 1. The summed E-state index contributed by atoms with van der Waals surface area (Å²) in [4.78, 5) is 40.7. The van der Waals surface area contributed by atoms with Gasteiger partial charge in [0.25, 0.3) is 5.91 Å². The number of halogens is 1. The molecule has 32 heavy (non-hydrogen) atoms. The van der Waals surface area contributed by atoms with Crippen molar-refractivity contribution in [2.45, 2.75) is 32.8 Å². The van der Waals surface area contributed by atoms with Gasteiger partial charge in [-0.05, 0) is 49.2 Å². The fourth-order valence-corrected chi connectivity index (χ4v) is 4.31. The Kier molecular flexibility index (Phi) is 8.35. The summed E-state index contributed by atoms with van der Waals surface area (Å²) < 4.78 is 5.91. The van der Waals surface area contributed by atoms with Gasteiger partial charge in [-0.15, -0.1) is 11.3 Å². The molecular formula is C22H27ClN4O4S. The third kappa shape index (κ3) is 6.14. The number of nitrogens with zero attached hydrogens (tertiary/aromatic N) is 2. The zero-order valence-corrected chi connectivity index (χ0v) is 19.7. The van der Waals surface area contributed by atoms with Crippen molar-refractivity contribution in [3.8, 4) is 0 Å². The predicted octanol–water partition coefficient (Wildman–Crippen LogP) is 4.81. The van der Waals surface area contributed by atoms with Crippen LogP contribution in [0, 0.1) is 0 Å². The SMILES string of the molecule is CCCN(CCC)C(=O)Nc1ccc(N2C[C@H](CNC(=O)c3ccc(Cl)s3)OC2=O)cc1. The van der Waals surface area contributed by atoms with Gasteiger partial charge in [0.2, 0.25) is 0 Å². The molecule has 172 valence electrons. The number of carbonyl (C=O) groups is 3. The number of hydrogen-bond donors (Lipinski definition) is 2. The lowest BCUT2D eigenvalue weighted by molar-refractivity contribution is 0.0920. The second-order valence-electron chi connectivity index (χ2n) is 7.39. The Morgan fingerprint density at radius 2 is 1.84 bits per heavy atom. The molecular weight excluding hydrogens is 452 g/mol. The molecule has 4 amide bonds. The van der Waals surface area contributed by atoms with E-state index < -0.39 is 12.2 Å². The Morgan fingerprint density at radius 3 is 2.44 bits per heavy atom. The van der Waals surface area contributed by atoms with Crippen LogP contribution in [0.5, 0.6) is 0 Å². The van der Waals surface area contributed by atoms with E-state index in [4.69, 9.17) is 16.3 Å². The van der Waals surface area contributed by atoms with E-state index in [0.29, 0.717) is 40.2 Å². The molecule has 10 heteroatoms. The van der Waals surface area contributed by atoms with E-state index in [1.165, 1.54) is 16.2 Å². The molecule has 1 fully saturated rings. The molecule has 0 bridgehead atoms. The fourth-order valence-electron chi connectivity index (χ4n) is 3.35. The van der Waals surface area contributed by atoms with Crippen LogP contribution in [0.4, 0.5) is 21.0 Å². The highest BCUT2D eigenvalue weighted by Gasteiger charge is 2.32. The van der Waals surface area contributed by atoms with Crippen molar-refractivity contribution in [3.05, 3.63) is 45.6 Å². The summed E-state index contributed by atoms with van der Waals surface area (Å²) >= 11 is 7.05. The van der Waals surface area contributed by atoms with Crippen molar-refractivity contribution >= 4 is 52.3 Å². The van der Waals surface area contributed by atoms with Crippen molar-refractivity contribution in [1.29, 1.82) is 0 Å². The highest BCUT2D eigenvalue weighted by Crippen LogP contribution is 2.24. The van der Waals surface area contributed by atoms with Crippen LogP contribution >= 0.6 is 22.9 Å². The van der Waals surface area contributed by atoms with Gasteiger partial charge in [0.05, 0.1) is 22.3 Å². The topological polar surface area (TPSA) is 91.0 Å². The molecule has 1 aromatic carbocycles. The Balaban J connectivity index is 1.53. The summed E-state index contributed by atoms with van der Waals surface area (Å²) in [5, 5.41) is 5.66. The van der Waals surface area contributed by atoms with Crippen LogP contribution < -0.4 is 15.5 Å². The lowest BCUT2D eigenvalue weighted by atomic mass is 10.2. The summed E-state index contributed by atoms with van der Waals surface area (Å²) in [5.74, 6) is -0.253. The predicted molar refractivity (Wildman–Crippen MR) is 127 cm³/mol. The van der Waals surface area contributed by atoms with E-state index in [0.717, 1.165) is 12.8 Å². The first-order chi connectivity index (χ1) is 15.4. The maximum absolute atomic E-state index is 12.4. The molecule has 8 nitrogen and oxygen atoms in total. The van der Waals surface area contributed by atoms with Gasteiger partial charge >= 0.3 is 12.1 Å². The first-order valence-electron chi connectivity index (χ1n) is 10.6. The summed E-state index contributed by atoms with van der Waals surface area (Å²) in [7, 11) is 0. The number of carbonyl (C=O) groups excluding carboxylic acids is 3. The van der Waals surface area contributed by atoms with Gasteiger partial charge in [-0.3, -0.25) is 9.69 Å². The summed E-state index contributed by atoms with van der Waals surface area (Å²) in [6.45, 7) is 6.00. The maximum Gasteiger partial charge on any atom is 0.414 e. The maximum atomic E-state index is 12.4. The molecule has 0 unspecified atom stereocenters. The zero-order valence-electron chi connectivity index (χ0n) is 18.1. The molecule has 1 saturated heterocycles. The molecule has 1 atom stereocenters. The minimum absolute atomic E-state index is 0.134. The third-order valence-electron chi connectivity index (χ3n) is 4.87. The number of ether oxygens (including phenoxy) is 1. The number of benzene rings is 1. The Hall–Kier alpha value is -2.78. The molecule has 2 N–H and O–H groups in total. The highest BCUT2D eigenvalue weighted by atomic mass is 35.5. The second kappa shape index (κ2) is 11.2. The number of amides is 4. The molecule has 0 saturated carbocycles. The van der Waals surface area contributed by atoms with Crippen LogP contribution in [-0.2, 0) is 4.74 Å². The lowest BCUT2D eigenvalue weighted by Gasteiger charge is -2.22. The Labute approximate surface area is 196 Å². The van der Waals surface area contributed by atoms with Crippen molar-refractivity contribution in [1.82, 2.24) is 10.2 Å². The molecule has 2 heterocycles. The van der Waals surface area contributed by atoms with Crippen molar-refractivity contribution < 1.29 is 19.1 Å². The standard InChI is InChI=1S/C22H27ClN4O4S/c1-3-11-26(12-4-2)21(29)25-15-5-7-16(8-6-15)27-14-17(31-22(27)30)13-24-20(28)18-9-10-19(23)32-18/h5-10,17H,3-4,11-14H2,1-2H3,(H,24,28)(H,25,29)/t17-/m0/s1. The molecule has 1 aliphatic heterocycles. The first-order valence-corrected chi connectivity index (χ1v) is 11.8. The molecule has 0 spiro atoms. The minimum Gasteiger partial charge on any atom is -0.442 e. The smallest absolute Gasteiger partial charge is 0.414 e. The van der Waals surface area contributed by atoms with Crippen LogP contribution in [0.25, 0.3) is 0 Å². The van der Waals surface area contributed by atoms with Gasteiger partial charge in [0.1, 0.15) is 6.10 Å².